The number of rotatable bonds is 8. The molecule has 1 unspecified atom stereocenters. The lowest BCUT2D eigenvalue weighted by molar-refractivity contribution is -0.274. The van der Waals surface area contributed by atoms with E-state index in [9.17, 15) is 22.8 Å². The fourth-order valence-electron chi connectivity index (χ4n) is 4.89. The third-order valence-corrected chi connectivity index (χ3v) is 8.01. The third kappa shape index (κ3) is 8.08. The summed E-state index contributed by atoms with van der Waals surface area (Å²) < 4.78 is 41.3. The zero-order chi connectivity index (χ0) is 33.0. The van der Waals surface area contributed by atoms with E-state index >= 15 is 0 Å². The minimum atomic E-state index is -4.75. The van der Waals surface area contributed by atoms with Crippen molar-refractivity contribution in [2.24, 2.45) is 10.1 Å². The van der Waals surface area contributed by atoms with Gasteiger partial charge in [0, 0.05) is 11.6 Å². The quantitative estimate of drug-likeness (QED) is 0.273. The maximum absolute atomic E-state index is 12.9. The van der Waals surface area contributed by atoms with Crippen LogP contribution in [0.1, 0.15) is 48.9 Å². The molecule has 3 aromatic rings. The van der Waals surface area contributed by atoms with Crippen molar-refractivity contribution in [3.8, 4) is 5.75 Å². The van der Waals surface area contributed by atoms with Gasteiger partial charge in [-0.25, -0.2) is 9.80 Å². The van der Waals surface area contributed by atoms with E-state index < -0.39 is 12.4 Å². The number of carbonyl (C=O) groups excluding carboxylic acids is 2. The van der Waals surface area contributed by atoms with E-state index in [0.717, 1.165) is 27.9 Å². The van der Waals surface area contributed by atoms with Crippen LogP contribution < -0.4 is 25.3 Å². The second-order valence-electron chi connectivity index (χ2n) is 11.1. The van der Waals surface area contributed by atoms with Crippen molar-refractivity contribution in [1.82, 2.24) is 10.6 Å². The van der Waals surface area contributed by atoms with Gasteiger partial charge in [0.2, 0.25) is 5.91 Å². The first-order chi connectivity index (χ1) is 21.9. The highest BCUT2D eigenvalue weighted by Gasteiger charge is 2.33. The first kappa shape index (κ1) is 32.6. The lowest BCUT2D eigenvalue weighted by Crippen LogP contribution is -2.34. The number of aliphatic imine (C=N–C) groups is 1. The van der Waals surface area contributed by atoms with Crippen LogP contribution in [0.15, 0.2) is 82.9 Å². The molecule has 1 atom stereocenters. The molecular formula is C33H33F3N6O3S. The number of aryl methyl sites for hydroxylation is 1. The van der Waals surface area contributed by atoms with Gasteiger partial charge in [-0.3, -0.25) is 9.69 Å². The summed E-state index contributed by atoms with van der Waals surface area (Å²) in [4.78, 5) is 31.5. The highest BCUT2D eigenvalue weighted by atomic mass is 32.2. The lowest BCUT2D eigenvalue weighted by atomic mass is 9.99. The van der Waals surface area contributed by atoms with Gasteiger partial charge in [0.15, 0.2) is 11.0 Å². The van der Waals surface area contributed by atoms with E-state index in [1.54, 1.807) is 5.01 Å². The van der Waals surface area contributed by atoms with E-state index in [4.69, 9.17) is 0 Å². The fourth-order valence-corrected chi connectivity index (χ4v) is 5.75. The molecule has 5 rings (SSSR count). The molecule has 0 spiro atoms. The number of benzene rings is 3. The normalized spacial score (nSPS) is 16.7. The molecule has 3 aromatic carbocycles. The summed E-state index contributed by atoms with van der Waals surface area (Å²) in [5.41, 5.74) is 5.05. The number of thioether (sulfide) groups is 1. The summed E-state index contributed by atoms with van der Waals surface area (Å²) in [7, 11) is 0. The third-order valence-electron chi connectivity index (χ3n) is 7.09. The van der Waals surface area contributed by atoms with E-state index in [1.807, 2.05) is 68.5 Å². The summed E-state index contributed by atoms with van der Waals surface area (Å²) in [5, 5.41) is 12.6. The molecule has 9 nitrogen and oxygen atoms in total. The summed E-state index contributed by atoms with van der Waals surface area (Å²) in [5.74, 6) is 0.581. The number of hydrazone groups is 1. The van der Waals surface area contributed by atoms with Gasteiger partial charge in [-0.2, -0.15) is 10.1 Å². The number of nitrogens with zero attached hydrogens (tertiary/aromatic N) is 4. The molecule has 46 heavy (non-hydrogen) atoms. The molecule has 2 N–H and O–H groups in total. The number of alkyl halides is 3. The van der Waals surface area contributed by atoms with Crippen molar-refractivity contribution in [3.63, 3.8) is 0 Å². The Kier molecular flexibility index (Phi) is 9.71. The van der Waals surface area contributed by atoms with Crippen LogP contribution in [-0.4, -0.2) is 47.8 Å². The number of hydrogen-bond donors (Lipinski definition) is 2. The Bertz CT molecular complexity index is 1710. The molecule has 1 fully saturated rings. The van der Waals surface area contributed by atoms with Crippen LogP contribution in [0.4, 0.5) is 29.3 Å². The van der Waals surface area contributed by atoms with E-state index in [-0.39, 0.29) is 29.4 Å². The average Bonchev–Trinajstić information content (AvgIpc) is 3.62. The van der Waals surface area contributed by atoms with Gasteiger partial charge in [0.1, 0.15) is 12.4 Å². The van der Waals surface area contributed by atoms with Crippen LogP contribution in [0.2, 0.25) is 0 Å². The zero-order valence-corrected chi connectivity index (χ0v) is 26.4. The number of hydrogen-bond acceptors (Lipinski definition) is 7. The Balaban J connectivity index is 1.22. The number of carbonyl (C=O) groups is 2. The first-order valence-electron chi connectivity index (χ1n) is 14.6. The van der Waals surface area contributed by atoms with Gasteiger partial charge in [0.05, 0.1) is 17.1 Å². The number of amides is 3. The van der Waals surface area contributed by atoms with Crippen LogP contribution in [0.25, 0.3) is 6.08 Å². The fraction of sp³-hybridized carbons (Fsp3) is 0.273. The topological polar surface area (TPSA) is 98.6 Å². The summed E-state index contributed by atoms with van der Waals surface area (Å²) in [6.45, 7) is 8.24. The molecule has 2 aliphatic heterocycles. The number of halogens is 3. The largest absolute Gasteiger partial charge is 0.573 e. The van der Waals surface area contributed by atoms with Crippen molar-refractivity contribution >= 4 is 52.2 Å². The molecule has 0 bridgehead atoms. The predicted octanol–water partition coefficient (Wildman–Crippen LogP) is 6.99. The van der Waals surface area contributed by atoms with Gasteiger partial charge < -0.3 is 15.4 Å². The monoisotopic (exact) mass is 650 g/mol. The number of anilines is 2. The van der Waals surface area contributed by atoms with Crippen molar-refractivity contribution < 1.29 is 27.5 Å². The number of urea groups is 1. The van der Waals surface area contributed by atoms with Crippen LogP contribution in [0.3, 0.4) is 0 Å². The van der Waals surface area contributed by atoms with Crippen LogP contribution in [-0.2, 0) is 4.79 Å². The van der Waals surface area contributed by atoms with Gasteiger partial charge >= 0.3 is 12.4 Å². The molecule has 2 aliphatic rings. The van der Waals surface area contributed by atoms with Crippen molar-refractivity contribution in [2.75, 3.05) is 22.3 Å². The Morgan fingerprint density at radius 3 is 2.59 bits per heavy atom. The van der Waals surface area contributed by atoms with Crippen molar-refractivity contribution in [1.29, 1.82) is 0 Å². The van der Waals surface area contributed by atoms with Gasteiger partial charge in [-0.05, 0) is 72.9 Å². The molecule has 13 heteroatoms. The standard InChI is InChI=1S/C33H33F3N6O3S/c1-20(2)27-15-8-21(3)16-28(27)42-29(43)18-46-32(42)39-31(44)38-22(4)9-10-23-6-5-7-24(17-23)30-37-19-41(40-30)25-11-13-26(14-12-25)45-33(34,35)36/h5-17,20,22H,18-19H2,1-4H3,(H,37,40)(H,38,44)/b10-9+,39-32-. The molecule has 0 radical (unpaired) electrons. The van der Waals surface area contributed by atoms with Gasteiger partial charge in [-0.15, -0.1) is 13.2 Å². The molecule has 0 aromatic heterocycles. The van der Waals surface area contributed by atoms with Crippen molar-refractivity contribution in [3.05, 3.63) is 95.1 Å². The number of ether oxygens (including phenoxy) is 1. The highest BCUT2D eigenvalue weighted by Crippen LogP contribution is 2.34. The molecule has 3 amide bonds. The van der Waals surface area contributed by atoms with Crippen LogP contribution in [0.5, 0.6) is 5.75 Å². The number of amidine groups is 2. The second kappa shape index (κ2) is 13.7. The average molecular weight is 651 g/mol. The van der Waals surface area contributed by atoms with Crippen molar-refractivity contribution in [2.45, 2.75) is 46.0 Å². The second-order valence-corrected chi connectivity index (χ2v) is 12.0. The van der Waals surface area contributed by atoms with Crippen LogP contribution >= 0.6 is 11.8 Å². The Morgan fingerprint density at radius 2 is 1.87 bits per heavy atom. The maximum atomic E-state index is 12.9. The zero-order valence-electron chi connectivity index (χ0n) is 25.6. The molecule has 2 heterocycles. The maximum Gasteiger partial charge on any atom is 0.573 e. The number of nitrogens with one attached hydrogen (secondary N) is 2. The summed E-state index contributed by atoms with van der Waals surface area (Å²) in [6.07, 6.45) is -1.05. The summed E-state index contributed by atoms with van der Waals surface area (Å²) >= 11 is 1.24. The Labute approximate surface area is 269 Å². The molecule has 240 valence electrons. The molecule has 1 saturated heterocycles. The van der Waals surface area contributed by atoms with E-state index in [2.05, 4.69) is 39.3 Å². The molecule has 0 aliphatic carbocycles. The SMILES string of the molecule is Cc1ccc(C(C)C)c(N2C(=O)CS/C2=N\C(=O)NC(C)/C=C/c2cccc(C3=NN(c4ccc(OC(F)(F)F)cc4)CN3)c2)c1. The van der Waals surface area contributed by atoms with Gasteiger partial charge in [-0.1, -0.05) is 68.1 Å². The Hall–Kier alpha value is -4.78. The minimum absolute atomic E-state index is 0.116. The first-order valence-corrected chi connectivity index (χ1v) is 15.5. The Morgan fingerprint density at radius 1 is 1.11 bits per heavy atom. The summed E-state index contributed by atoms with van der Waals surface area (Å²) in [6, 6.07) is 18.1. The smallest absolute Gasteiger partial charge is 0.406 e. The van der Waals surface area contributed by atoms with E-state index in [1.165, 1.54) is 40.9 Å². The minimum Gasteiger partial charge on any atom is -0.406 e. The van der Waals surface area contributed by atoms with Gasteiger partial charge in [0.25, 0.3) is 0 Å². The van der Waals surface area contributed by atoms with Crippen LogP contribution in [0, 0.1) is 6.92 Å². The molecule has 0 saturated carbocycles. The predicted molar refractivity (Wildman–Crippen MR) is 176 cm³/mol. The molecular weight excluding hydrogens is 617 g/mol. The van der Waals surface area contributed by atoms with E-state index in [0.29, 0.717) is 23.4 Å². The highest BCUT2D eigenvalue weighted by molar-refractivity contribution is 8.15. The lowest BCUT2D eigenvalue weighted by Gasteiger charge is -2.22.